The largest absolute Gasteiger partial charge is 0.377 e. The summed E-state index contributed by atoms with van der Waals surface area (Å²) in [5.74, 6) is 3.45. The minimum atomic E-state index is 0. The topological polar surface area (TPSA) is 76.4 Å². The van der Waals surface area contributed by atoms with Crippen LogP contribution in [0.5, 0.6) is 0 Å². The predicted octanol–water partition coefficient (Wildman–Crippen LogP) is 2.55. The third-order valence-electron chi connectivity index (χ3n) is 7.09. The molecule has 1 spiro atoms. The van der Waals surface area contributed by atoms with Crippen molar-refractivity contribution in [2.75, 3.05) is 13.7 Å². The second-order valence-electron chi connectivity index (χ2n) is 8.46. The van der Waals surface area contributed by atoms with Crippen LogP contribution in [0, 0.1) is 18.3 Å². The number of hydrogen-bond acceptors (Lipinski definition) is 4. The highest BCUT2D eigenvalue weighted by atomic mass is 127. The van der Waals surface area contributed by atoms with Crippen LogP contribution in [0.3, 0.4) is 0 Å². The molecule has 0 amide bonds. The smallest absolute Gasteiger partial charge is 0.191 e. The Labute approximate surface area is 178 Å². The molecule has 0 radical (unpaired) electrons. The summed E-state index contributed by atoms with van der Waals surface area (Å²) in [5.41, 5.74) is 0.335. The molecule has 2 aliphatic heterocycles. The molecule has 27 heavy (non-hydrogen) atoms. The van der Waals surface area contributed by atoms with Gasteiger partial charge >= 0.3 is 0 Å². The van der Waals surface area contributed by atoms with Crippen LogP contribution in [0.4, 0.5) is 0 Å². The molecule has 1 aromatic heterocycles. The Hall–Kier alpha value is -0.900. The number of aromatic nitrogens is 3. The first-order valence-electron chi connectivity index (χ1n) is 10.2. The Morgan fingerprint density at radius 3 is 2.81 bits per heavy atom. The van der Waals surface area contributed by atoms with Gasteiger partial charge in [-0.3, -0.25) is 4.99 Å². The Balaban J connectivity index is 0.00000180. The van der Waals surface area contributed by atoms with Gasteiger partial charge in [-0.05, 0) is 39.0 Å². The van der Waals surface area contributed by atoms with Gasteiger partial charge in [-0.1, -0.05) is 12.8 Å². The number of fused-ring (bicyclic) bond motifs is 3. The number of nitrogens with one attached hydrogen (secondary N) is 2. The maximum atomic E-state index is 6.11. The van der Waals surface area contributed by atoms with E-state index in [1.807, 2.05) is 18.7 Å². The number of halogens is 1. The maximum Gasteiger partial charge on any atom is 0.191 e. The van der Waals surface area contributed by atoms with Gasteiger partial charge in [0, 0.05) is 37.6 Å². The Kier molecular flexibility index (Phi) is 5.39. The molecule has 150 valence electrons. The summed E-state index contributed by atoms with van der Waals surface area (Å²) in [7, 11) is 1.87. The van der Waals surface area contributed by atoms with Crippen LogP contribution in [0.25, 0.3) is 0 Å². The molecular formula is C19H31IN6O. The van der Waals surface area contributed by atoms with E-state index in [2.05, 4.69) is 25.7 Å². The van der Waals surface area contributed by atoms with Crippen molar-refractivity contribution in [1.82, 2.24) is 25.4 Å². The van der Waals surface area contributed by atoms with Crippen LogP contribution in [0.15, 0.2) is 4.99 Å². The summed E-state index contributed by atoms with van der Waals surface area (Å²) in [6.07, 6.45) is 9.10. The van der Waals surface area contributed by atoms with E-state index in [9.17, 15) is 0 Å². The average molecular weight is 486 g/mol. The van der Waals surface area contributed by atoms with Crippen LogP contribution < -0.4 is 10.6 Å². The molecule has 4 unspecified atom stereocenters. The molecule has 0 aromatic carbocycles. The molecule has 0 bridgehead atoms. The molecule has 1 aromatic rings. The molecule has 4 aliphatic rings. The quantitative estimate of drug-likeness (QED) is 0.382. The molecule has 2 aliphatic carbocycles. The molecular weight excluding hydrogens is 455 g/mol. The van der Waals surface area contributed by atoms with Gasteiger partial charge < -0.3 is 15.4 Å². The van der Waals surface area contributed by atoms with Gasteiger partial charge in [-0.2, -0.15) is 5.10 Å². The van der Waals surface area contributed by atoms with Crippen molar-refractivity contribution in [3.8, 4) is 0 Å². The minimum Gasteiger partial charge on any atom is -0.377 e. The second kappa shape index (κ2) is 7.50. The lowest BCUT2D eigenvalue weighted by molar-refractivity contribution is -0.125. The molecule has 3 heterocycles. The molecule has 4 atom stereocenters. The summed E-state index contributed by atoms with van der Waals surface area (Å²) >= 11 is 0. The van der Waals surface area contributed by atoms with Crippen molar-refractivity contribution in [3.05, 3.63) is 11.6 Å². The number of hydrogen-bond donors (Lipinski definition) is 2. The third kappa shape index (κ3) is 3.07. The SMILES string of the molecule is CN=C(NC1CCCn2nc(C)nc21)NC1C2CCOC2C12CCCC2.I. The van der Waals surface area contributed by atoms with Crippen LogP contribution in [0.2, 0.25) is 0 Å². The van der Waals surface area contributed by atoms with Crippen molar-refractivity contribution in [2.45, 2.75) is 76.6 Å². The van der Waals surface area contributed by atoms with Crippen molar-refractivity contribution in [3.63, 3.8) is 0 Å². The standard InChI is InChI=1S/C19H30N6O.HI/c1-12-21-17-14(6-5-10-25(17)24-12)22-18(20-2)23-15-13-7-11-26-16(13)19(15)8-3-4-9-19;/h13-16H,3-11H2,1-2H3,(H2,20,22,23);1H. The minimum absolute atomic E-state index is 0. The summed E-state index contributed by atoms with van der Waals surface area (Å²) in [6, 6.07) is 0.679. The molecule has 7 nitrogen and oxygen atoms in total. The first-order valence-corrected chi connectivity index (χ1v) is 10.2. The molecule has 2 saturated carbocycles. The summed E-state index contributed by atoms with van der Waals surface area (Å²) in [4.78, 5) is 9.19. The highest BCUT2D eigenvalue weighted by Crippen LogP contribution is 2.60. The summed E-state index contributed by atoms with van der Waals surface area (Å²) < 4.78 is 8.16. The molecule has 1 saturated heterocycles. The number of rotatable bonds is 2. The highest BCUT2D eigenvalue weighted by molar-refractivity contribution is 14.0. The monoisotopic (exact) mass is 486 g/mol. The van der Waals surface area contributed by atoms with E-state index < -0.39 is 0 Å². The highest BCUT2D eigenvalue weighted by Gasteiger charge is 2.65. The van der Waals surface area contributed by atoms with E-state index in [1.165, 1.54) is 32.1 Å². The zero-order valence-electron chi connectivity index (χ0n) is 16.3. The lowest BCUT2D eigenvalue weighted by Gasteiger charge is -2.57. The van der Waals surface area contributed by atoms with Crippen LogP contribution in [-0.2, 0) is 11.3 Å². The van der Waals surface area contributed by atoms with Gasteiger partial charge in [0.1, 0.15) is 11.6 Å². The fourth-order valence-electron chi connectivity index (χ4n) is 5.99. The van der Waals surface area contributed by atoms with E-state index in [0.717, 1.165) is 43.6 Å². The number of guanidine groups is 1. The van der Waals surface area contributed by atoms with E-state index in [1.54, 1.807) is 0 Å². The van der Waals surface area contributed by atoms with E-state index in [0.29, 0.717) is 23.5 Å². The lowest BCUT2D eigenvalue weighted by atomic mass is 9.54. The van der Waals surface area contributed by atoms with Crippen molar-refractivity contribution in [2.24, 2.45) is 16.3 Å². The second-order valence-corrected chi connectivity index (χ2v) is 8.46. The summed E-state index contributed by atoms with van der Waals surface area (Å²) in [5, 5.41) is 11.9. The number of aryl methyl sites for hydroxylation is 2. The van der Waals surface area contributed by atoms with Gasteiger partial charge in [0.15, 0.2) is 5.96 Å². The predicted molar refractivity (Wildman–Crippen MR) is 114 cm³/mol. The van der Waals surface area contributed by atoms with Gasteiger partial charge in [0.2, 0.25) is 0 Å². The Morgan fingerprint density at radius 2 is 2.04 bits per heavy atom. The van der Waals surface area contributed by atoms with Gasteiger partial charge in [-0.25, -0.2) is 9.67 Å². The zero-order valence-corrected chi connectivity index (χ0v) is 18.6. The number of ether oxygens (including phenoxy) is 1. The van der Waals surface area contributed by atoms with E-state index in [-0.39, 0.29) is 30.0 Å². The fourth-order valence-corrected chi connectivity index (χ4v) is 5.99. The lowest BCUT2D eigenvalue weighted by Crippen LogP contribution is -2.69. The van der Waals surface area contributed by atoms with Crippen molar-refractivity contribution in [1.29, 1.82) is 0 Å². The summed E-state index contributed by atoms with van der Waals surface area (Å²) in [6.45, 7) is 3.85. The van der Waals surface area contributed by atoms with Crippen LogP contribution in [0.1, 0.15) is 62.6 Å². The van der Waals surface area contributed by atoms with Gasteiger partial charge in [-0.15, -0.1) is 24.0 Å². The van der Waals surface area contributed by atoms with Crippen LogP contribution in [-0.4, -0.2) is 46.5 Å². The first kappa shape index (κ1) is 19.4. The van der Waals surface area contributed by atoms with Crippen molar-refractivity contribution < 1.29 is 4.74 Å². The molecule has 3 fully saturated rings. The van der Waals surface area contributed by atoms with Crippen molar-refractivity contribution >= 4 is 29.9 Å². The molecule has 2 N–H and O–H groups in total. The van der Waals surface area contributed by atoms with Crippen LogP contribution >= 0.6 is 24.0 Å². The number of nitrogens with zero attached hydrogens (tertiary/aromatic N) is 4. The maximum absolute atomic E-state index is 6.11. The van der Waals surface area contributed by atoms with E-state index in [4.69, 9.17) is 4.74 Å². The first-order chi connectivity index (χ1) is 12.7. The zero-order chi connectivity index (χ0) is 17.7. The number of aliphatic imine (C=N–C) groups is 1. The fraction of sp³-hybridized carbons (Fsp3) is 0.842. The molecule has 8 heteroatoms. The Morgan fingerprint density at radius 1 is 1.22 bits per heavy atom. The third-order valence-corrected chi connectivity index (χ3v) is 7.09. The normalized spacial score (nSPS) is 33.8. The van der Waals surface area contributed by atoms with Gasteiger partial charge in [0.25, 0.3) is 0 Å². The average Bonchev–Trinajstić information content (AvgIpc) is 3.35. The molecule has 5 rings (SSSR count). The van der Waals surface area contributed by atoms with Gasteiger partial charge in [0.05, 0.1) is 12.1 Å². The van der Waals surface area contributed by atoms with E-state index >= 15 is 0 Å². The Bertz CT molecular complexity index is 713.